The van der Waals surface area contributed by atoms with E-state index < -0.39 is 28.5 Å². The fourth-order valence-corrected chi connectivity index (χ4v) is 5.24. The van der Waals surface area contributed by atoms with Crippen molar-refractivity contribution in [2.24, 2.45) is 0 Å². The Labute approximate surface area is 226 Å². The highest BCUT2D eigenvalue weighted by molar-refractivity contribution is 7.92. The molecule has 0 saturated carbocycles. The van der Waals surface area contributed by atoms with Crippen molar-refractivity contribution in [2.45, 2.75) is 46.2 Å². The summed E-state index contributed by atoms with van der Waals surface area (Å²) < 4.78 is 26.9. The number of nitrogens with one attached hydrogen (secondary N) is 1. The van der Waals surface area contributed by atoms with Crippen LogP contribution in [0.2, 0.25) is 0 Å². The first kappa shape index (κ1) is 28.9. The number of nitrogens with zero attached hydrogens (tertiary/aromatic N) is 2. The average molecular weight is 536 g/mol. The maximum atomic E-state index is 14.0. The zero-order chi connectivity index (χ0) is 27.7. The SMILES string of the molecule is CCCNC(=O)C(Cc1ccccc1)N(Cc1ccccc1)C(=O)CN(c1cc(C)cc(C)c1)S(C)(=O)=O. The Balaban J connectivity index is 2.04. The number of aryl methyl sites for hydroxylation is 2. The molecular formula is C30H37N3O4S. The third-order valence-electron chi connectivity index (χ3n) is 6.19. The van der Waals surface area contributed by atoms with Gasteiger partial charge in [-0.2, -0.15) is 0 Å². The number of benzene rings is 3. The fraction of sp³-hybridized carbons (Fsp3) is 0.333. The van der Waals surface area contributed by atoms with E-state index >= 15 is 0 Å². The predicted octanol–water partition coefficient (Wildman–Crippen LogP) is 4.24. The van der Waals surface area contributed by atoms with Gasteiger partial charge in [-0.05, 0) is 54.7 Å². The Morgan fingerprint density at radius 1 is 0.868 bits per heavy atom. The first-order chi connectivity index (χ1) is 18.1. The number of carbonyl (C=O) groups excluding carboxylic acids is 2. The molecule has 0 saturated heterocycles. The molecule has 0 spiro atoms. The van der Waals surface area contributed by atoms with Gasteiger partial charge in [-0.25, -0.2) is 8.42 Å². The van der Waals surface area contributed by atoms with Crippen molar-refractivity contribution >= 4 is 27.5 Å². The summed E-state index contributed by atoms with van der Waals surface area (Å²) in [6.45, 7) is 5.97. The Hall–Kier alpha value is -3.65. The van der Waals surface area contributed by atoms with E-state index in [4.69, 9.17) is 0 Å². The molecule has 0 aliphatic heterocycles. The van der Waals surface area contributed by atoms with Crippen LogP contribution in [0.25, 0.3) is 0 Å². The van der Waals surface area contributed by atoms with E-state index in [1.807, 2.05) is 87.5 Å². The fourth-order valence-electron chi connectivity index (χ4n) is 4.41. The Kier molecular flexibility index (Phi) is 10.1. The Morgan fingerprint density at radius 3 is 1.95 bits per heavy atom. The molecule has 0 fully saturated rings. The van der Waals surface area contributed by atoms with E-state index in [1.165, 1.54) is 4.90 Å². The molecule has 1 N–H and O–H groups in total. The van der Waals surface area contributed by atoms with Crippen molar-refractivity contribution in [3.8, 4) is 0 Å². The van der Waals surface area contributed by atoms with Crippen LogP contribution in [-0.2, 0) is 32.6 Å². The van der Waals surface area contributed by atoms with Gasteiger partial charge < -0.3 is 10.2 Å². The highest BCUT2D eigenvalue weighted by Crippen LogP contribution is 2.23. The van der Waals surface area contributed by atoms with Gasteiger partial charge in [-0.15, -0.1) is 0 Å². The molecule has 0 radical (unpaired) electrons. The highest BCUT2D eigenvalue weighted by atomic mass is 32.2. The van der Waals surface area contributed by atoms with E-state index in [1.54, 1.807) is 12.1 Å². The van der Waals surface area contributed by atoms with Crippen molar-refractivity contribution in [3.63, 3.8) is 0 Å². The minimum atomic E-state index is -3.79. The van der Waals surface area contributed by atoms with Crippen molar-refractivity contribution < 1.29 is 18.0 Å². The maximum Gasteiger partial charge on any atom is 0.244 e. The molecule has 8 heteroatoms. The number of carbonyl (C=O) groups is 2. The molecule has 1 unspecified atom stereocenters. The first-order valence-electron chi connectivity index (χ1n) is 12.8. The molecule has 202 valence electrons. The molecule has 0 aromatic heterocycles. The predicted molar refractivity (Wildman–Crippen MR) is 152 cm³/mol. The van der Waals surface area contributed by atoms with E-state index in [-0.39, 0.29) is 12.5 Å². The van der Waals surface area contributed by atoms with Gasteiger partial charge in [-0.3, -0.25) is 13.9 Å². The second kappa shape index (κ2) is 13.2. The molecular weight excluding hydrogens is 498 g/mol. The highest BCUT2D eigenvalue weighted by Gasteiger charge is 2.33. The zero-order valence-corrected chi connectivity index (χ0v) is 23.4. The lowest BCUT2D eigenvalue weighted by Gasteiger charge is -2.33. The molecule has 38 heavy (non-hydrogen) atoms. The van der Waals surface area contributed by atoms with Gasteiger partial charge in [0.25, 0.3) is 0 Å². The van der Waals surface area contributed by atoms with Gasteiger partial charge in [0.05, 0.1) is 11.9 Å². The molecule has 0 aliphatic rings. The van der Waals surface area contributed by atoms with Crippen LogP contribution in [0, 0.1) is 13.8 Å². The number of sulfonamides is 1. The number of amides is 2. The van der Waals surface area contributed by atoms with Gasteiger partial charge in [0.15, 0.2) is 0 Å². The second-order valence-corrected chi connectivity index (χ2v) is 11.5. The monoisotopic (exact) mass is 535 g/mol. The molecule has 2 amide bonds. The van der Waals surface area contributed by atoms with Crippen molar-refractivity contribution in [1.82, 2.24) is 10.2 Å². The van der Waals surface area contributed by atoms with E-state index in [2.05, 4.69) is 5.32 Å². The van der Waals surface area contributed by atoms with Crippen molar-refractivity contribution in [1.29, 1.82) is 0 Å². The quantitative estimate of drug-likeness (QED) is 0.376. The van der Waals surface area contributed by atoms with Crippen LogP contribution in [0.15, 0.2) is 78.9 Å². The molecule has 0 heterocycles. The summed E-state index contributed by atoms with van der Waals surface area (Å²) in [5.41, 5.74) is 3.96. The van der Waals surface area contributed by atoms with Crippen LogP contribution in [0.4, 0.5) is 5.69 Å². The smallest absolute Gasteiger partial charge is 0.244 e. The molecule has 3 aromatic carbocycles. The largest absolute Gasteiger partial charge is 0.354 e. The normalized spacial score (nSPS) is 12.0. The molecule has 3 rings (SSSR count). The third kappa shape index (κ3) is 8.18. The van der Waals surface area contributed by atoms with Gasteiger partial charge >= 0.3 is 0 Å². The van der Waals surface area contributed by atoms with Crippen LogP contribution in [0.1, 0.15) is 35.6 Å². The van der Waals surface area contributed by atoms with E-state index in [0.717, 1.165) is 39.2 Å². The van der Waals surface area contributed by atoms with Crippen LogP contribution in [0.3, 0.4) is 0 Å². The van der Waals surface area contributed by atoms with Crippen LogP contribution >= 0.6 is 0 Å². The summed E-state index contributed by atoms with van der Waals surface area (Å²) in [6, 6.07) is 23.6. The van der Waals surface area contributed by atoms with Crippen LogP contribution < -0.4 is 9.62 Å². The Bertz CT molecular complexity index is 1310. The Morgan fingerprint density at radius 2 is 1.42 bits per heavy atom. The van der Waals surface area contributed by atoms with Gasteiger partial charge in [0, 0.05) is 19.5 Å². The second-order valence-electron chi connectivity index (χ2n) is 9.62. The van der Waals surface area contributed by atoms with E-state index in [0.29, 0.717) is 18.7 Å². The van der Waals surface area contributed by atoms with Crippen LogP contribution in [-0.4, -0.2) is 50.5 Å². The standard InChI is InChI=1S/C30H37N3O4S/c1-5-16-31-30(35)28(20-25-12-8-6-9-13-25)32(21-26-14-10-7-11-15-26)29(34)22-33(38(4,36)37)27-18-23(2)17-24(3)19-27/h6-15,17-19,28H,5,16,20-22H2,1-4H3,(H,31,35). The molecule has 3 aromatic rings. The molecule has 7 nitrogen and oxygen atoms in total. The lowest BCUT2D eigenvalue weighted by atomic mass is 10.0. The summed E-state index contributed by atoms with van der Waals surface area (Å²) in [6.07, 6.45) is 2.15. The third-order valence-corrected chi connectivity index (χ3v) is 7.33. The number of anilines is 1. The summed E-state index contributed by atoms with van der Waals surface area (Å²) in [7, 11) is -3.79. The number of hydrogen-bond donors (Lipinski definition) is 1. The minimum absolute atomic E-state index is 0.168. The van der Waals surface area contributed by atoms with Crippen LogP contribution in [0.5, 0.6) is 0 Å². The maximum absolute atomic E-state index is 14.0. The summed E-state index contributed by atoms with van der Waals surface area (Å²) in [4.78, 5) is 29.0. The zero-order valence-electron chi connectivity index (χ0n) is 22.6. The summed E-state index contributed by atoms with van der Waals surface area (Å²) in [5, 5.41) is 2.94. The molecule has 1 atom stereocenters. The minimum Gasteiger partial charge on any atom is -0.354 e. The van der Waals surface area contributed by atoms with Crippen molar-refractivity contribution in [3.05, 3.63) is 101 Å². The molecule has 0 aliphatic carbocycles. The molecule has 0 bridgehead atoms. The van der Waals surface area contributed by atoms with E-state index in [9.17, 15) is 18.0 Å². The number of hydrogen-bond acceptors (Lipinski definition) is 4. The lowest BCUT2D eigenvalue weighted by molar-refractivity contribution is -0.140. The average Bonchev–Trinajstić information content (AvgIpc) is 2.87. The summed E-state index contributed by atoms with van der Waals surface area (Å²) >= 11 is 0. The van der Waals surface area contributed by atoms with Crippen molar-refractivity contribution in [2.75, 3.05) is 23.7 Å². The number of rotatable bonds is 12. The summed E-state index contributed by atoms with van der Waals surface area (Å²) in [5.74, 6) is -0.719. The van der Waals surface area contributed by atoms with Gasteiger partial charge in [0.1, 0.15) is 12.6 Å². The van der Waals surface area contributed by atoms with Gasteiger partial charge in [-0.1, -0.05) is 73.7 Å². The first-order valence-corrected chi connectivity index (χ1v) is 14.6. The lowest BCUT2D eigenvalue weighted by Crippen LogP contribution is -2.53. The topological polar surface area (TPSA) is 86.8 Å². The van der Waals surface area contributed by atoms with Gasteiger partial charge in [0.2, 0.25) is 21.8 Å².